The Labute approximate surface area is 159 Å². The molecule has 1 aromatic rings. The van der Waals surface area contributed by atoms with Crippen molar-refractivity contribution >= 4 is 22.0 Å². The molecule has 148 valence electrons. The molecule has 9 heteroatoms. The van der Waals surface area contributed by atoms with E-state index in [1.807, 2.05) is 0 Å². The number of rotatable bonds is 4. The highest BCUT2D eigenvalue weighted by molar-refractivity contribution is 7.89. The molecule has 0 radical (unpaired) electrons. The Morgan fingerprint density at radius 1 is 1.04 bits per heavy atom. The number of carbonyl (C=O) groups is 2. The summed E-state index contributed by atoms with van der Waals surface area (Å²) < 4.78 is 32.2. The van der Waals surface area contributed by atoms with Crippen LogP contribution < -0.4 is 0 Å². The second-order valence-corrected chi connectivity index (χ2v) is 8.49. The van der Waals surface area contributed by atoms with Gasteiger partial charge in [-0.1, -0.05) is 18.2 Å². The summed E-state index contributed by atoms with van der Waals surface area (Å²) >= 11 is 0. The lowest BCUT2D eigenvalue weighted by molar-refractivity contribution is -0.136. The molecular weight excluding hydrogens is 370 g/mol. The van der Waals surface area contributed by atoms with Crippen LogP contribution >= 0.6 is 0 Å². The van der Waals surface area contributed by atoms with Crippen molar-refractivity contribution in [2.45, 2.75) is 30.7 Å². The number of ether oxygens (including phenoxy) is 1. The predicted octanol–water partition coefficient (Wildman–Crippen LogP) is 1.14. The number of amides is 2. The number of hydrogen-bond acceptors (Lipinski definition) is 5. The number of sulfonamides is 1. The van der Waals surface area contributed by atoms with Crippen LogP contribution in [0.5, 0.6) is 0 Å². The molecule has 2 aliphatic rings. The van der Waals surface area contributed by atoms with Gasteiger partial charge < -0.3 is 14.5 Å². The second kappa shape index (κ2) is 8.26. The minimum Gasteiger partial charge on any atom is -0.450 e. The Morgan fingerprint density at radius 2 is 1.67 bits per heavy atom. The van der Waals surface area contributed by atoms with Crippen molar-refractivity contribution in [3.05, 3.63) is 30.3 Å². The summed E-state index contributed by atoms with van der Waals surface area (Å²) in [5.41, 5.74) is 0. The van der Waals surface area contributed by atoms with E-state index in [2.05, 4.69) is 0 Å². The Bertz CT molecular complexity index is 775. The van der Waals surface area contributed by atoms with Crippen LogP contribution in [0.15, 0.2) is 35.2 Å². The zero-order valence-electron chi connectivity index (χ0n) is 15.4. The van der Waals surface area contributed by atoms with Crippen molar-refractivity contribution in [2.75, 3.05) is 39.3 Å². The van der Waals surface area contributed by atoms with Crippen molar-refractivity contribution in [1.29, 1.82) is 0 Å². The average Bonchev–Trinajstić information content (AvgIpc) is 3.19. The normalized spacial score (nSPS) is 21.3. The van der Waals surface area contributed by atoms with Crippen molar-refractivity contribution in [3.63, 3.8) is 0 Å². The van der Waals surface area contributed by atoms with E-state index in [1.54, 1.807) is 47.1 Å². The molecule has 1 atom stereocenters. The van der Waals surface area contributed by atoms with Crippen LogP contribution in [0.4, 0.5) is 4.79 Å². The van der Waals surface area contributed by atoms with Crippen LogP contribution in [-0.4, -0.2) is 79.9 Å². The van der Waals surface area contributed by atoms with Crippen molar-refractivity contribution in [2.24, 2.45) is 0 Å². The molecule has 2 saturated heterocycles. The summed E-state index contributed by atoms with van der Waals surface area (Å²) in [6, 6.07) is 7.53. The van der Waals surface area contributed by atoms with Crippen LogP contribution in [0, 0.1) is 0 Å². The summed E-state index contributed by atoms with van der Waals surface area (Å²) in [6.45, 7) is 3.95. The first-order valence-corrected chi connectivity index (χ1v) is 10.7. The van der Waals surface area contributed by atoms with Gasteiger partial charge in [-0.2, -0.15) is 4.31 Å². The van der Waals surface area contributed by atoms with Gasteiger partial charge in [0.15, 0.2) is 0 Å². The lowest BCUT2D eigenvalue weighted by Crippen LogP contribution is -2.55. The summed E-state index contributed by atoms with van der Waals surface area (Å²) in [5, 5.41) is 0. The number of piperazine rings is 1. The Hall–Kier alpha value is -2.13. The second-order valence-electron chi connectivity index (χ2n) is 6.60. The van der Waals surface area contributed by atoms with Gasteiger partial charge in [-0.25, -0.2) is 13.2 Å². The van der Waals surface area contributed by atoms with E-state index in [9.17, 15) is 18.0 Å². The summed E-state index contributed by atoms with van der Waals surface area (Å²) in [6.07, 6.45) is 0.799. The fourth-order valence-corrected chi connectivity index (χ4v) is 5.21. The quantitative estimate of drug-likeness (QED) is 0.763. The molecular formula is C18H25N3O5S. The van der Waals surface area contributed by atoms with Crippen LogP contribution in [0.3, 0.4) is 0 Å². The first kappa shape index (κ1) is 19.6. The smallest absolute Gasteiger partial charge is 0.409 e. The first-order valence-electron chi connectivity index (χ1n) is 9.22. The molecule has 0 N–H and O–H groups in total. The minimum atomic E-state index is -3.70. The maximum absolute atomic E-state index is 13.0. The van der Waals surface area contributed by atoms with Gasteiger partial charge in [0.05, 0.1) is 11.5 Å². The van der Waals surface area contributed by atoms with E-state index in [4.69, 9.17) is 4.74 Å². The highest BCUT2D eigenvalue weighted by atomic mass is 32.2. The van der Waals surface area contributed by atoms with Gasteiger partial charge in [0.1, 0.15) is 6.04 Å². The molecule has 2 aliphatic heterocycles. The molecule has 0 saturated carbocycles. The van der Waals surface area contributed by atoms with E-state index in [0.717, 1.165) is 0 Å². The van der Waals surface area contributed by atoms with Crippen molar-refractivity contribution in [1.82, 2.24) is 14.1 Å². The maximum atomic E-state index is 13.0. The third-order valence-corrected chi connectivity index (χ3v) is 6.88. The Balaban J connectivity index is 1.67. The van der Waals surface area contributed by atoms with Crippen molar-refractivity contribution in [3.8, 4) is 0 Å². The Kier molecular flexibility index (Phi) is 6.01. The highest BCUT2D eigenvalue weighted by Crippen LogP contribution is 2.27. The number of benzene rings is 1. The molecule has 8 nitrogen and oxygen atoms in total. The Morgan fingerprint density at radius 3 is 2.30 bits per heavy atom. The molecule has 3 rings (SSSR count). The maximum Gasteiger partial charge on any atom is 0.409 e. The monoisotopic (exact) mass is 395 g/mol. The van der Waals surface area contributed by atoms with E-state index >= 15 is 0 Å². The van der Waals surface area contributed by atoms with Gasteiger partial charge in [0, 0.05) is 32.7 Å². The number of carbonyl (C=O) groups excluding carboxylic acids is 2. The molecule has 0 bridgehead atoms. The van der Waals surface area contributed by atoms with E-state index in [0.29, 0.717) is 52.2 Å². The molecule has 2 fully saturated rings. The third kappa shape index (κ3) is 4.08. The van der Waals surface area contributed by atoms with Gasteiger partial charge in [-0.15, -0.1) is 0 Å². The minimum absolute atomic E-state index is 0.185. The topological polar surface area (TPSA) is 87.2 Å². The van der Waals surface area contributed by atoms with Gasteiger partial charge in [0.2, 0.25) is 15.9 Å². The van der Waals surface area contributed by atoms with Crippen molar-refractivity contribution < 1.29 is 22.7 Å². The molecule has 0 aromatic heterocycles. The largest absolute Gasteiger partial charge is 0.450 e. The first-order chi connectivity index (χ1) is 12.9. The molecule has 2 amide bonds. The van der Waals surface area contributed by atoms with Crippen LogP contribution in [0.1, 0.15) is 19.8 Å². The zero-order chi connectivity index (χ0) is 19.4. The lowest BCUT2D eigenvalue weighted by Gasteiger charge is -2.36. The van der Waals surface area contributed by atoms with Gasteiger partial charge in [0.25, 0.3) is 0 Å². The van der Waals surface area contributed by atoms with Gasteiger partial charge >= 0.3 is 6.09 Å². The SMILES string of the molecule is CCOC(=O)N1CCN(C(=O)C2CCCN2S(=O)(=O)c2ccccc2)CC1. The van der Waals surface area contributed by atoms with Crippen LogP contribution in [0.25, 0.3) is 0 Å². The fourth-order valence-electron chi connectivity index (χ4n) is 3.54. The van der Waals surface area contributed by atoms with Gasteiger partial charge in [-0.3, -0.25) is 4.79 Å². The molecule has 1 aromatic carbocycles. The summed E-state index contributed by atoms with van der Waals surface area (Å²) in [4.78, 5) is 28.2. The molecule has 2 heterocycles. The number of nitrogens with zero attached hydrogens (tertiary/aromatic N) is 3. The van der Waals surface area contributed by atoms with E-state index in [1.165, 1.54) is 4.31 Å². The molecule has 0 spiro atoms. The van der Waals surface area contributed by atoms with E-state index in [-0.39, 0.29) is 16.9 Å². The zero-order valence-corrected chi connectivity index (χ0v) is 16.2. The molecule has 1 unspecified atom stereocenters. The third-order valence-electron chi connectivity index (χ3n) is 4.96. The number of hydrogen-bond donors (Lipinski definition) is 0. The predicted molar refractivity (Wildman–Crippen MR) is 98.5 cm³/mol. The molecule has 0 aliphatic carbocycles. The summed E-state index contributed by atoms with van der Waals surface area (Å²) in [5.74, 6) is -0.185. The average molecular weight is 395 g/mol. The van der Waals surface area contributed by atoms with E-state index < -0.39 is 16.1 Å². The fraction of sp³-hybridized carbons (Fsp3) is 0.556. The van der Waals surface area contributed by atoms with Gasteiger partial charge in [-0.05, 0) is 31.9 Å². The summed E-state index contributed by atoms with van der Waals surface area (Å²) in [7, 11) is -3.70. The van der Waals surface area contributed by atoms with Crippen LogP contribution in [0.2, 0.25) is 0 Å². The molecule has 27 heavy (non-hydrogen) atoms. The standard InChI is InChI=1S/C18H25N3O5S/c1-2-26-18(23)20-13-11-19(12-14-20)17(22)16-9-6-10-21(16)27(24,25)15-7-4-3-5-8-15/h3-5,7-8,16H,2,6,9-14H2,1H3. The van der Waals surface area contributed by atoms with Crippen LogP contribution in [-0.2, 0) is 19.6 Å². The lowest BCUT2D eigenvalue weighted by atomic mass is 10.2. The highest BCUT2D eigenvalue weighted by Gasteiger charge is 2.41.